The maximum Gasteiger partial charge on any atom is 0.329 e. The minimum absolute atomic E-state index is 0.0939. The van der Waals surface area contributed by atoms with E-state index in [1.54, 1.807) is 0 Å². The molecule has 0 fully saturated rings. The molecule has 0 aliphatic rings. The van der Waals surface area contributed by atoms with E-state index in [-0.39, 0.29) is 12.3 Å². The summed E-state index contributed by atoms with van der Waals surface area (Å²) in [5, 5.41) is 0. The van der Waals surface area contributed by atoms with Crippen molar-refractivity contribution in [3.8, 4) is 0 Å². The molecule has 0 bridgehead atoms. The predicted molar refractivity (Wildman–Crippen MR) is 252 cm³/mol. The Kier molecular flexibility index (Phi) is 30.9. The molecule has 0 amide bonds. The molecule has 60 heavy (non-hydrogen) atoms. The number of nitrogens with two attached hydrogens (primary N) is 4. The third kappa shape index (κ3) is 27.5. The second-order valence-electron chi connectivity index (χ2n) is 16.7. The van der Waals surface area contributed by atoms with Crippen molar-refractivity contribution >= 4 is 15.2 Å². The second-order valence-corrected chi connectivity index (χ2v) is 20.6. The van der Waals surface area contributed by atoms with Gasteiger partial charge in [-0.1, -0.05) is 112 Å². The van der Waals surface area contributed by atoms with Gasteiger partial charge < -0.3 is 51.6 Å². The van der Waals surface area contributed by atoms with Crippen LogP contribution in [0.25, 0.3) is 0 Å². The number of nitrogens with zero attached hydrogens (tertiary/aromatic N) is 2. The summed E-state index contributed by atoms with van der Waals surface area (Å²) in [6, 6.07) is 21.0. The summed E-state index contributed by atoms with van der Waals surface area (Å²) in [5.74, 6) is 0. The molecule has 14 heteroatoms. The van der Waals surface area contributed by atoms with Crippen LogP contribution in [0.15, 0.2) is 60.7 Å². The number of hydrogen-bond acceptors (Lipinski definition) is 10. The Morgan fingerprint density at radius 2 is 0.833 bits per heavy atom. The molecule has 2 unspecified atom stereocenters. The Balaban J connectivity index is 1.91. The van der Waals surface area contributed by atoms with Gasteiger partial charge >= 0.3 is 15.2 Å². The fraction of sp³-hybridized carbons (Fsp3) is 0.739. The normalized spacial score (nSPS) is 14.2. The van der Waals surface area contributed by atoms with Crippen molar-refractivity contribution in [1.82, 2.24) is 9.80 Å². The number of aryl methyl sites for hydroxylation is 2. The van der Waals surface area contributed by atoms with E-state index in [1.165, 1.54) is 11.1 Å². The third-order valence-electron chi connectivity index (χ3n) is 11.4. The highest BCUT2D eigenvalue weighted by molar-refractivity contribution is 7.53. The van der Waals surface area contributed by atoms with Gasteiger partial charge in [-0.2, -0.15) is 0 Å². The Bertz CT molecular complexity index is 1340. The first-order chi connectivity index (χ1) is 29.1. The topological polar surface area (TPSA) is 204 Å². The van der Waals surface area contributed by atoms with E-state index >= 15 is 0 Å². The first-order valence-electron chi connectivity index (χ1n) is 23.4. The molecule has 2 aromatic carbocycles. The SMILES string of the molecule is NCCCN(CCCN)CCP(=O)(O)OCCCCCCCCCCCC(CCCc1ccccc1)(CCCc1ccccc1)OP(=O)(O)CCN(CCCN)CCCN. The fourth-order valence-corrected chi connectivity index (χ4v) is 10.5. The third-order valence-corrected chi connectivity index (χ3v) is 14.2. The Morgan fingerprint density at radius 3 is 1.25 bits per heavy atom. The average molecular weight is 881 g/mol. The Hall–Kier alpha value is -1.50. The molecule has 0 saturated carbocycles. The molecule has 0 spiro atoms. The van der Waals surface area contributed by atoms with Gasteiger partial charge in [-0.15, -0.1) is 0 Å². The molecule has 2 atom stereocenters. The summed E-state index contributed by atoms with van der Waals surface area (Å²) < 4.78 is 38.7. The van der Waals surface area contributed by atoms with Crippen LogP contribution in [-0.4, -0.2) is 110 Å². The maximum atomic E-state index is 14.0. The predicted octanol–water partition coefficient (Wildman–Crippen LogP) is 8.08. The summed E-state index contributed by atoms with van der Waals surface area (Å²) in [6.07, 6.45) is 18.8. The summed E-state index contributed by atoms with van der Waals surface area (Å²) in [7, 11) is -7.54. The van der Waals surface area contributed by atoms with Crippen LogP contribution in [0.2, 0.25) is 0 Å². The minimum Gasteiger partial charge on any atom is -0.330 e. The van der Waals surface area contributed by atoms with E-state index in [0.29, 0.717) is 45.9 Å². The lowest BCUT2D eigenvalue weighted by atomic mass is 9.84. The van der Waals surface area contributed by atoms with Gasteiger partial charge in [-0.25, -0.2) is 0 Å². The summed E-state index contributed by atoms with van der Waals surface area (Å²) >= 11 is 0. The molecule has 0 heterocycles. The lowest BCUT2D eigenvalue weighted by Gasteiger charge is -2.36. The molecule has 10 N–H and O–H groups in total. The van der Waals surface area contributed by atoms with Crippen LogP contribution < -0.4 is 22.9 Å². The van der Waals surface area contributed by atoms with Crippen molar-refractivity contribution in [2.45, 2.75) is 134 Å². The molecular formula is C46H86N6O6P2. The second kappa shape index (κ2) is 34.0. The minimum atomic E-state index is -3.92. The monoisotopic (exact) mass is 881 g/mol. The number of hydrogen-bond donors (Lipinski definition) is 6. The van der Waals surface area contributed by atoms with Crippen LogP contribution in [-0.2, 0) is 31.0 Å². The van der Waals surface area contributed by atoms with Crippen molar-refractivity contribution < 1.29 is 28.0 Å². The van der Waals surface area contributed by atoms with E-state index < -0.39 is 20.8 Å². The standard InChI is InChI=1S/C46H86N6O6P2/c47-31-18-35-51(36-19-32-48)39-42-59(53,54)57-41-15-7-5-3-1-2-4-6-14-28-46(29-16-26-44-22-10-8-11-23-44,30-17-27-45-24-12-9-13-25-45)58-60(55,56)43-40-52(37-20-33-49)38-21-34-50/h8-13,22-25H,1-7,14-21,26-43,47-50H2,(H,53,54)(H,55,56). The van der Waals surface area contributed by atoms with E-state index in [0.717, 1.165) is 155 Å². The maximum absolute atomic E-state index is 14.0. The van der Waals surface area contributed by atoms with E-state index in [1.807, 2.05) is 12.1 Å². The molecule has 0 saturated heterocycles. The summed E-state index contributed by atoms with van der Waals surface area (Å²) in [4.78, 5) is 26.2. The summed E-state index contributed by atoms with van der Waals surface area (Å²) in [5.41, 5.74) is 24.8. The van der Waals surface area contributed by atoms with Gasteiger partial charge in [0, 0.05) is 13.1 Å². The molecule has 2 aromatic rings. The largest absolute Gasteiger partial charge is 0.330 e. The van der Waals surface area contributed by atoms with Crippen LogP contribution in [0.5, 0.6) is 0 Å². The van der Waals surface area contributed by atoms with Crippen LogP contribution in [0.4, 0.5) is 0 Å². The van der Waals surface area contributed by atoms with Gasteiger partial charge in [0.05, 0.1) is 24.5 Å². The highest BCUT2D eigenvalue weighted by Gasteiger charge is 2.37. The molecule has 2 rings (SSSR count). The van der Waals surface area contributed by atoms with Crippen LogP contribution in [0.3, 0.4) is 0 Å². The molecule has 0 radical (unpaired) electrons. The van der Waals surface area contributed by atoms with Crippen LogP contribution >= 0.6 is 15.2 Å². The highest BCUT2D eigenvalue weighted by atomic mass is 31.2. The van der Waals surface area contributed by atoms with E-state index in [4.69, 9.17) is 32.0 Å². The van der Waals surface area contributed by atoms with Gasteiger partial charge in [0.2, 0.25) is 0 Å². The van der Waals surface area contributed by atoms with Crippen molar-refractivity contribution in [2.75, 3.05) is 84.4 Å². The van der Waals surface area contributed by atoms with E-state index in [2.05, 4.69) is 58.3 Å². The number of rotatable bonds is 41. The zero-order chi connectivity index (χ0) is 43.6. The van der Waals surface area contributed by atoms with Gasteiger partial charge in [-0.05, 0) is 141 Å². The van der Waals surface area contributed by atoms with Crippen molar-refractivity contribution in [2.24, 2.45) is 22.9 Å². The van der Waals surface area contributed by atoms with Gasteiger partial charge in [0.15, 0.2) is 0 Å². The van der Waals surface area contributed by atoms with Crippen LogP contribution in [0.1, 0.15) is 127 Å². The summed E-state index contributed by atoms with van der Waals surface area (Å²) in [6.45, 7) is 6.82. The van der Waals surface area contributed by atoms with E-state index in [9.17, 15) is 18.9 Å². The molecule has 0 aromatic heterocycles. The quantitative estimate of drug-likeness (QED) is 0.0277. The van der Waals surface area contributed by atoms with Gasteiger partial charge in [-0.3, -0.25) is 9.13 Å². The fourth-order valence-electron chi connectivity index (χ4n) is 7.90. The molecular weight excluding hydrogens is 794 g/mol. The number of unbranched alkanes of at least 4 members (excludes halogenated alkanes) is 8. The Labute approximate surface area is 365 Å². The first kappa shape index (κ1) is 54.6. The van der Waals surface area contributed by atoms with Gasteiger partial charge in [0.25, 0.3) is 0 Å². The average Bonchev–Trinajstić information content (AvgIpc) is 3.24. The highest BCUT2D eigenvalue weighted by Crippen LogP contribution is 2.50. The molecule has 346 valence electrons. The Morgan fingerprint density at radius 1 is 0.467 bits per heavy atom. The van der Waals surface area contributed by atoms with Crippen molar-refractivity contribution in [3.05, 3.63) is 71.8 Å². The molecule has 12 nitrogen and oxygen atoms in total. The van der Waals surface area contributed by atoms with Crippen molar-refractivity contribution in [3.63, 3.8) is 0 Å². The first-order valence-corrected chi connectivity index (χ1v) is 26.9. The van der Waals surface area contributed by atoms with Crippen molar-refractivity contribution in [1.29, 1.82) is 0 Å². The lowest BCUT2D eigenvalue weighted by molar-refractivity contribution is 0.0238. The van der Waals surface area contributed by atoms with Gasteiger partial charge in [0.1, 0.15) is 0 Å². The lowest BCUT2D eigenvalue weighted by Crippen LogP contribution is -2.35. The zero-order valence-electron chi connectivity index (χ0n) is 37.2. The number of benzene rings is 2. The molecule has 0 aliphatic carbocycles. The van der Waals surface area contributed by atoms with Crippen LogP contribution in [0, 0.1) is 0 Å². The smallest absolute Gasteiger partial charge is 0.329 e. The molecule has 0 aliphatic heterocycles. The zero-order valence-corrected chi connectivity index (χ0v) is 39.0.